The van der Waals surface area contributed by atoms with Crippen LogP contribution in [0.1, 0.15) is 12.5 Å². The van der Waals surface area contributed by atoms with Crippen LogP contribution in [0.25, 0.3) is 0 Å². The highest BCUT2D eigenvalue weighted by molar-refractivity contribution is 6.39. The average molecular weight is 406 g/mol. The van der Waals surface area contributed by atoms with E-state index in [-0.39, 0.29) is 0 Å². The lowest BCUT2D eigenvalue weighted by Gasteiger charge is -2.11. The lowest BCUT2D eigenvalue weighted by Crippen LogP contribution is -2.32. The first-order chi connectivity index (χ1) is 13.5. The molecule has 0 unspecified atom stereocenters. The molecule has 0 saturated carbocycles. The molecule has 9 heteroatoms. The zero-order valence-corrected chi connectivity index (χ0v) is 16.4. The Morgan fingerprint density at radius 2 is 1.86 bits per heavy atom. The van der Waals surface area contributed by atoms with Crippen LogP contribution >= 0.6 is 11.6 Å². The molecule has 2 N–H and O–H groups in total. The Morgan fingerprint density at radius 1 is 1.11 bits per heavy atom. The second kappa shape index (κ2) is 10.2. The van der Waals surface area contributed by atoms with Gasteiger partial charge in [-0.1, -0.05) is 23.7 Å². The molecule has 2 aromatic carbocycles. The van der Waals surface area contributed by atoms with Crippen LogP contribution in [0.5, 0.6) is 17.2 Å². The number of benzene rings is 2. The summed E-state index contributed by atoms with van der Waals surface area (Å²) in [5.41, 5.74) is 3.08. The fraction of sp³-hybridized carbons (Fsp3) is 0.211. The normalized spacial score (nSPS) is 10.4. The summed E-state index contributed by atoms with van der Waals surface area (Å²) in [5.74, 6) is -0.542. The molecule has 0 saturated heterocycles. The highest BCUT2D eigenvalue weighted by Gasteiger charge is 2.15. The van der Waals surface area contributed by atoms with Crippen molar-refractivity contribution in [2.75, 3.05) is 26.1 Å². The first-order valence-corrected chi connectivity index (χ1v) is 8.65. The number of halogens is 1. The van der Waals surface area contributed by atoms with E-state index in [2.05, 4.69) is 15.8 Å². The molecule has 0 aliphatic carbocycles. The first-order valence-electron chi connectivity index (χ1n) is 8.27. The van der Waals surface area contributed by atoms with Gasteiger partial charge in [0.25, 0.3) is 0 Å². The van der Waals surface area contributed by atoms with Crippen LogP contribution in [0, 0.1) is 0 Å². The third-order valence-corrected chi connectivity index (χ3v) is 3.76. The van der Waals surface area contributed by atoms with Crippen molar-refractivity contribution in [3.8, 4) is 17.2 Å². The molecule has 0 aliphatic rings. The summed E-state index contributed by atoms with van der Waals surface area (Å²) in [6.45, 7) is 2.25. The van der Waals surface area contributed by atoms with E-state index in [4.69, 9.17) is 25.8 Å². The van der Waals surface area contributed by atoms with Crippen LogP contribution in [0.3, 0.4) is 0 Å². The largest absolute Gasteiger partial charge is 0.495 e. The van der Waals surface area contributed by atoms with Gasteiger partial charge in [-0.3, -0.25) is 9.59 Å². The smallest absolute Gasteiger partial charge is 0.329 e. The van der Waals surface area contributed by atoms with Gasteiger partial charge < -0.3 is 19.5 Å². The molecular formula is C19H20ClN3O5. The van der Waals surface area contributed by atoms with Gasteiger partial charge in [0.05, 0.1) is 37.8 Å². The SMILES string of the molecule is CCOc1cc(/C=N\NC(=O)C(=O)Nc2ccccc2OC)cc(Cl)c1OC. The van der Waals surface area contributed by atoms with Gasteiger partial charge in [-0.05, 0) is 36.8 Å². The number of para-hydroxylation sites is 2. The monoisotopic (exact) mass is 405 g/mol. The molecular weight excluding hydrogens is 386 g/mol. The molecule has 0 bridgehead atoms. The van der Waals surface area contributed by atoms with Crippen molar-refractivity contribution in [1.82, 2.24) is 5.43 Å². The maximum atomic E-state index is 12.0. The van der Waals surface area contributed by atoms with Crippen LogP contribution in [-0.2, 0) is 9.59 Å². The number of amides is 2. The number of hydrogen-bond acceptors (Lipinski definition) is 6. The Morgan fingerprint density at radius 3 is 2.54 bits per heavy atom. The highest BCUT2D eigenvalue weighted by Crippen LogP contribution is 2.35. The third-order valence-electron chi connectivity index (χ3n) is 3.48. The van der Waals surface area contributed by atoms with Gasteiger partial charge in [-0.25, -0.2) is 5.43 Å². The number of nitrogens with zero attached hydrogens (tertiary/aromatic N) is 1. The predicted molar refractivity (Wildman–Crippen MR) is 107 cm³/mol. The Kier molecular flexibility index (Phi) is 7.65. The van der Waals surface area contributed by atoms with Crippen molar-refractivity contribution >= 4 is 35.3 Å². The van der Waals surface area contributed by atoms with E-state index in [1.54, 1.807) is 36.4 Å². The average Bonchev–Trinajstić information content (AvgIpc) is 2.68. The lowest BCUT2D eigenvalue weighted by atomic mass is 10.2. The topological polar surface area (TPSA) is 98.2 Å². The summed E-state index contributed by atoms with van der Waals surface area (Å²) in [6, 6.07) is 9.97. The number of anilines is 1. The summed E-state index contributed by atoms with van der Waals surface area (Å²) < 4.78 is 15.8. The fourth-order valence-corrected chi connectivity index (χ4v) is 2.56. The summed E-state index contributed by atoms with van der Waals surface area (Å²) in [7, 11) is 2.95. The van der Waals surface area contributed by atoms with Gasteiger partial charge in [-0.15, -0.1) is 0 Å². The summed E-state index contributed by atoms with van der Waals surface area (Å²) in [5, 5.41) is 6.55. The van der Waals surface area contributed by atoms with Crippen molar-refractivity contribution in [3.63, 3.8) is 0 Å². The Hall–Kier alpha value is -3.26. The van der Waals surface area contributed by atoms with Crippen LogP contribution in [0.2, 0.25) is 5.02 Å². The molecule has 2 rings (SSSR count). The van der Waals surface area contributed by atoms with Crippen LogP contribution in [-0.4, -0.2) is 38.9 Å². The molecule has 8 nitrogen and oxygen atoms in total. The molecule has 2 amide bonds. The third kappa shape index (κ3) is 5.37. The molecule has 0 aromatic heterocycles. The van der Waals surface area contributed by atoms with Gasteiger partial charge in [0.2, 0.25) is 0 Å². The van der Waals surface area contributed by atoms with E-state index in [9.17, 15) is 9.59 Å². The van der Waals surface area contributed by atoms with E-state index in [1.165, 1.54) is 20.4 Å². The quantitative estimate of drug-likeness (QED) is 0.419. The first kappa shape index (κ1) is 21.0. The van der Waals surface area contributed by atoms with Gasteiger partial charge in [0, 0.05) is 0 Å². The molecule has 0 fully saturated rings. The lowest BCUT2D eigenvalue weighted by molar-refractivity contribution is -0.136. The zero-order valence-electron chi connectivity index (χ0n) is 15.6. The minimum atomic E-state index is -0.938. The number of carbonyl (C=O) groups excluding carboxylic acids is 2. The Balaban J connectivity index is 2.03. The molecule has 0 heterocycles. The number of methoxy groups -OCH3 is 2. The fourth-order valence-electron chi connectivity index (χ4n) is 2.27. The van der Waals surface area contributed by atoms with Crippen molar-refractivity contribution in [2.45, 2.75) is 6.92 Å². The van der Waals surface area contributed by atoms with Crippen molar-refractivity contribution in [3.05, 3.63) is 47.0 Å². The molecule has 148 valence electrons. The standard InChI is InChI=1S/C19H20ClN3O5/c1-4-28-16-10-12(9-13(20)17(16)27-3)11-21-23-19(25)18(24)22-14-7-5-6-8-15(14)26-2/h5-11H,4H2,1-3H3,(H,22,24)(H,23,25)/b21-11-. The Labute approximate surface area is 167 Å². The van der Waals surface area contributed by atoms with Crippen molar-refractivity contribution in [2.24, 2.45) is 5.10 Å². The molecule has 28 heavy (non-hydrogen) atoms. The van der Waals surface area contributed by atoms with Gasteiger partial charge in [-0.2, -0.15) is 5.10 Å². The molecule has 2 aromatic rings. The maximum Gasteiger partial charge on any atom is 0.329 e. The minimum Gasteiger partial charge on any atom is -0.495 e. The van der Waals surface area contributed by atoms with Crippen LogP contribution < -0.4 is 25.0 Å². The van der Waals surface area contributed by atoms with Gasteiger partial charge in [0.1, 0.15) is 5.75 Å². The van der Waals surface area contributed by atoms with E-state index >= 15 is 0 Å². The van der Waals surface area contributed by atoms with E-state index < -0.39 is 11.8 Å². The molecule has 0 radical (unpaired) electrons. The summed E-state index contributed by atoms with van der Waals surface area (Å²) in [4.78, 5) is 23.9. The second-order valence-corrected chi connectivity index (χ2v) is 5.73. The Bertz CT molecular complexity index is 886. The zero-order chi connectivity index (χ0) is 20.5. The predicted octanol–water partition coefficient (Wildman–Crippen LogP) is 2.84. The number of hydrazone groups is 1. The number of carbonyl (C=O) groups is 2. The van der Waals surface area contributed by atoms with Crippen LogP contribution in [0.15, 0.2) is 41.5 Å². The maximum absolute atomic E-state index is 12.0. The van der Waals surface area contributed by atoms with E-state index in [0.29, 0.717) is 40.1 Å². The number of ether oxygens (including phenoxy) is 3. The number of nitrogens with one attached hydrogen (secondary N) is 2. The molecule has 0 spiro atoms. The van der Waals surface area contributed by atoms with E-state index in [1.807, 2.05) is 6.92 Å². The number of hydrogen-bond donors (Lipinski definition) is 2. The van der Waals surface area contributed by atoms with Crippen molar-refractivity contribution < 1.29 is 23.8 Å². The van der Waals surface area contributed by atoms with Crippen molar-refractivity contribution in [1.29, 1.82) is 0 Å². The summed E-state index contributed by atoms with van der Waals surface area (Å²) >= 11 is 6.15. The molecule has 0 atom stereocenters. The van der Waals surface area contributed by atoms with Crippen LogP contribution in [0.4, 0.5) is 5.69 Å². The minimum absolute atomic E-state index is 0.329. The van der Waals surface area contributed by atoms with E-state index in [0.717, 1.165) is 0 Å². The molecule has 0 aliphatic heterocycles. The number of rotatable bonds is 7. The van der Waals surface area contributed by atoms with Gasteiger partial charge >= 0.3 is 11.8 Å². The highest BCUT2D eigenvalue weighted by atomic mass is 35.5. The van der Waals surface area contributed by atoms with Gasteiger partial charge in [0.15, 0.2) is 11.5 Å². The second-order valence-electron chi connectivity index (χ2n) is 5.32. The summed E-state index contributed by atoms with van der Waals surface area (Å²) in [6.07, 6.45) is 1.34.